The van der Waals surface area contributed by atoms with Crippen LogP contribution in [0.4, 0.5) is 0 Å². The van der Waals surface area contributed by atoms with Crippen LogP contribution in [-0.2, 0) is 17.9 Å². The molecule has 2 atom stereocenters. The first kappa shape index (κ1) is 17.0. The van der Waals surface area contributed by atoms with Crippen LogP contribution in [-0.4, -0.2) is 39.1 Å². The Hall–Kier alpha value is -2.11. The molecule has 0 aromatic carbocycles. The molecule has 1 aliphatic heterocycles. The molecule has 0 radical (unpaired) electrons. The van der Waals surface area contributed by atoms with Crippen molar-refractivity contribution >= 4 is 11.8 Å². The molecule has 0 spiro atoms. The van der Waals surface area contributed by atoms with Gasteiger partial charge in [-0.05, 0) is 49.5 Å². The average molecular weight is 368 g/mol. The molecule has 6 heteroatoms. The molecule has 144 valence electrons. The van der Waals surface area contributed by atoms with Gasteiger partial charge in [0.05, 0.1) is 24.2 Å². The Labute approximate surface area is 160 Å². The first-order chi connectivity index (χ1) is 12.8. The van der Waals surface area contributed by atoms with E-state index in [0.717, 1.165) is 43.4 Å². The molecule has 0 saturated heterocycles. The van der Waals surface area contributed by atoms with Crippen LogP contribution in [0.25, 0.3) is 0 Å². The van der Waals surface area contributed by atoms with Gasteiger partial charge in [0, 0.05) is 12.6 Å². The third kappa shape index (κ3) is 2.41. The quantitative estimate of drug-likeness (QED) is 0.834. The molecule has 1 aromatic heterocycles. The Morgan fingerprint density at radius 3 is 2.70 bits per heavy atom. The molecular weight excluding hydrogens is 340 g/mol. The highest BCUT2D eigenvalue weighted by Crippen LogP contribution is 2.66. The standard InChI is InChI=1S/C21H28N4O2/c1-13-20(2,3)14-6-7-21(13,11-14)19(27)24-8-9-25-16(12-24)10-17(23-25)18(26)22-15-4-5-15/h10,14-15H,1,4-9,11-12H2,2-3H3,(H,22,26)/t14-,21-/m0/s1. The van der Waals surface area contributed by atoms with Crippen molar-refractivity contribution < 1.29 is 9.59 Å². The molecule has 3 saturated carbocycles. The van der Waals surface area contributed by atoms with Gasteiger partial charge in [0.2, 0.25) is 5.91 Å². The van der Waals surface area contributed by atoms with E-state index in [0.29, 0.717) is 37.3 Å². The molecule has 0 unspecified atom stereocenters. The molecule has 5 rings (SSSR count). The van der Waals surface area contributed by atoms with Crippen molar-refractivity contribution in [3.8, 4) is 0 Å². The first-order valence-electron chi connectivity index (χ1n) is 10.2. The van der Waals surface area contributed by atoms with Crippen molar-refractivity contribution in [2.45, 2.75) is 65.1 Å². The highest BCUT2D eigenvalue weighted by molar-refractivity contribution is 5.93. The minimum Gasteiger partial charge on any atom is -0.348 e. The van der Waals surface area contributed by atoms with E-state index in [2.05, 4.69) is 30.8 Å². The Morgan fingerprint density at radius 1 is 1.26 bits per heavy atom. The molecule has 1 N–H and O–H groups in total. The Kier molecular flexibility index (Phi) is 3.44. The smallest absolute Gasteiger partial charge is 0.272 e. The molecule has 3 fully saturated rings. The highest BCUT2D eigenvalue weighted by Gasteiger charge is 2.61. The first-order valence-corrected chi connectivity index (χ1v) is 10.2. The number of hydrogen-bond donors (Lipinski definition) is 1. The molecule has 6 nitrogen and oxygen atoms in total. The summed E-state index contributed by atoms with van der Waals surface area (Å²) in [5, 5.41) is 7.44. The maximum absolute atomic E-state index is 13.5. The second-order valence-electron chi connectivity index (χ2n) is 9.44. The van der Waals surface area contributed by atoms with E-state index < -0.39 is 0 Å². The van der Waals surface area contributed by atoms with Gasteiger partial charge in [-0.3, -0.25) is 14.3 Å². The average Bonchev–Trinajstić information content (AvgIpc) is 3.12. The summed E-state index contributed by atoms with van der Waals surface area (Å²) >= 11 is 0. The van der Waals surface area contributed by atoms with E-state index in [1.165, 1.54) is 0 Å². The van der Waals surface area contributed by atoms with Gasteiger partial charge in [0.25, 0.3) is 5.91 Å². The van der Waals surface area contributed by atoms with Gasteiger partial charge in [-0.1, -0.05) is 26.0 Å². The highest BCUT2D eigenvalue weighted by atomic mass is 16.2. The second-order valence-corrected chi connectivity index (χ2v) is 9.44. The molecule has 27 heavy (non-hydrogen) atoms. The summed E-state index contributed by atoms with van der Waals surface area (Å²) in [5.41, 5.74) is 2.23. The van der Waals surface area contributed by atoms with Crippen molar-refractivity contribution in [3.63, 3.8) is 0 Å². The molecule has 2 heterocycles. The number of hydrogen-bond acceptors (Lipinski definition) is 3. The van der Waals surface area contributed by atoms with Crippen molar-refractivity contribution in [1.29, 1.82) is 0 Å². The summed E-state index contributed by atoms with van der Waals surface area (Å²) < 4.78 is 1.88. The van der Waals surface area contributed by atoms with Crippen LogP contribution in [0.5, 0.6) is 0 Å². The monoisotopic (exact) mass is 368 g/mol. The summed E-state index contributed by atoms with van der Waals surface area (Å²) in [7, 11) is 0. The molecule has 4 aliphatic rings. The van der Waals surface area contributed by atoms with Crippen LogP contribution in [0.2, 0.25) is 0 Å². The zero-order chi connectivity index (χ0) is 19.0. The molecule has 1 aromatic rings. The van der Waals surface area contributed by atoms with Gasteiger partial charge >= 0.3 is 0 Å². The van der Waals surface area contributed by atoms with Gasteiger partial charge in [-0.25, -0.2) is 0 Å². The molecular formula is C21H28N4O2. The van der Waals surface area contributed by atoms with E-state index in [-0.39, 0.29) is 22.6 Å². The number of carbonyl (C=O) groups is 2. The van der Waals surface area contributed by atoms with Crippen molar-refractivity contribution in [1.82, 2.24) is 20.0 Å². The topological polar surface area (TPSA) is 67.2 Å². The number of nitrogens with zero attached hydrogens (tertiary/aromatic N) is 3. The summed E-state index contributed by atoms with van der Waals surface area (Å²) in [6.45, 7) is 10.7. The summed E-state index contributed by atoms with van der Waals surface area (Å²) in [6, 6.07) is 2.17. The zero-order valence-corrected chi connectivity index (χ0v) is 16.3. The van der Waals surface area contributed by atoms with E-state index in [1.807, 2.05) is 15.6 Å². The Morgan fingerprint density at radius 2 is 2.04 bits per heavy atom. The Balaban J connectivity index is 1.35. The maximum atomic E-state index is 13.5. The molecule has 3 aliphatic carbocycles. The van der Waals surface area contributed by atoms with Gasteiger partial charge in [-0.2, -0.15) is 5.10 Å². The lowest BCUT2D eigenvalue weighted by Gasteiger charge is -2.40. The number of fused-ring (bicyclic) bond motifs is 3. The number of rotatable bonds is 3. The third-order valence-corrected chi connectivity index (χ3v) is 7.53. The van der Waals surface area contributed by atoms with E-state index in [9.17, 15) is 9.59 Å². The maximum Gasteiger partial charge on any atom is 0.272 e. The van der Waals surface area contributed by atoms with Crippen LogP contribution >= 0.6 is 0 Å². The number of amides is 2. The predicted molar refractivity (Wildman–Crippen MR) is 101 cm³/mol. The zero-order valence-electron chi connectivity index (χ0n) is 16.3. The van der Waals surface area contributed by atoms with Crippen LogP contribution in [0, 0.1) is 16.7 Å². The van der Waals surface area contributed by atoms with Crippen LogP contribution in [0.1, 0.15) is 62.1 Å². The van der Waals surface area contributed by atoms with Crippen molar-refractivity contribution in [2.24, 2.45) is 16.7 Å². The van der Waals surface area contributed by atoms with E-state index in [1.54, 1.807) is 0 Å². The van der Waals surface area contributed by atoms with Crippen LogP contribution < -0.4 is 5.32 Å². The lowest BCUT2D eigenvalue weighted by atomic mass is 9.68. The van der Waals surface area contributed by atoms with Crippen molar-refractivity contribution in [3.05, 3.63) is 29.6 Å². The minimum absolute atomic E-state index is 0.0551. The minimum atomic E-state index is -0.372. The summed E-state index contributed by atoms with van der Waals surface area (Å²) in [5.74, 6) is 0.708. The van der Waals surface area contributed by atoms with Crippen LogP contribution in [0.3, 0.4) is 0 Å². The van der Waals surface area contributed by atoms with Crippen LogP contribution in [0.15, 0.2) is 18.2 Å². The predicted octanol–water partition coefficient (Wildman–Crippen LogP) is 2.50. The number of carbonyl (C=O) groups excluding carboxylic acids is 2. The fourth-order valence-electron chi connectivity index (χ4n) is 5.46. The van der Waals surface area contributed by atoms with Gasteiger partial charge < -0.3 is 10.2 Å². The number of nitrogens with one attached hydrogen (secondary N) is 1. The fraction of sp³-hybridized carbons (Fsp3) is 0.667. The van der Waals surface area contributed by atoms with E-state index >= 15 is 0 Å². The normalized spacial score (nSPS) is 31.1. The largest absolute Gasteiger partial charge is 0.348 e. The summed E-state index contributed by atoms with van der Waals surface area (Å²) in [6.07, 6.45) is 5.12. The Bertz CT molecular complexity index is 850. The van der Waals surface area contributed by atoms with Gasteiger partial charge in [0.15, 0.2) is 5.69 Å². The third-order valence-electron chi connectivity index (χ3n) is 7.53. The lowest BCUT2D eigenvalue weighted by molar-refractivity contribution is -0.141. The lowest BCUT2D eigenvalue weighted by Crippen LogP contribution is -2.47. The number of aromatic nitrogens is 2. The van der Waals surface area contributed by atoms with Gasteiger partial charge in [0.1, 0.15) is 0 Å². The van der Waals surface area contributed by atoms with Gasteiger partial charge in [-0.15, -0.1) is 0 Å². The second kappa shape index (κ2) is 5.46. The molecule has 2 amide bonds. The van der Waals surface area contributed by atoms with Crippen molar-refractivity contribution in [2.75, 3.05) is 6.54 Å². The SMILES string of the molecule is C=C1C(C)(C)[C@H]2CC[C@]1(C(=O)N1CCn3nc(C(=O)NC4CC4)cc3C1)C2. The summed E-state index contributed by atoms with van der Waals surface area (Å²) in [4.78, 5) is 27.8. The molecule has 2 bridgehead atoms. The fourth-order valence-corrected chi connectivity index (χ4v) is 5.46. The van der Waals surface area contributed by atoms with E-state index in [4.69, 9.17) is 0 Å².